The maximum atomic E-state index is 10.9. The lowest BCUT2D eigenvalue weighted by molar-refractivity contribution is 0.111. The van der Waals surface area contributed by atoms with Crippen molar-refractivity contribution in [2.75, 3.05) is 0 Å². The van der Waals surface area contributed by atoms with Gasteiger partial charge in [-0.05, 0) is 25.0 Å². The topological polar surface area (TPSA) is 47.3 Å². The van der Waals surface area contributed by atoms with Crippen LogP contribution in [0, 0.1) is 0 Å². The molecular weight excluding hydrogens is 202 g/mol. The number of hydrogen-bond acceptors (Lipinski definition) is 3. The van der Waals surface area contributed by atoms with Gasteiger partial charge >= 0.3 is 0 Å². The van der Waals surface area contributed by atoms with Crippen molar-refractivity contribution in [3.8, 4) is 0 Å². The number of carbonyl (C=O) groups excluding carboxylic acids is 1. The second-order valence-corrected chi connectivity index (χ2v) is 4.29. The van der Waals surface area contributed by atoms with Crippen LogP contribution in [-0.2, 0) is 0 Å². The van der Waals surface area contributed by atoms with Crippen LogP contribution in [-0.4, -0.2) is 20.9 Å². The summed E-state index contributed by atoms with van der Waals surface area (Å²) in [5.74, 6) is 1.38. The van der Waals surface area contributed by atoms with E-state index >= 15 is 0 Å². The molecule has 4 heteroatoms. The molecule has 1 fully saturated rings. The quantitative estimate of drug-likeness (QED) is 0.721. The highest BCUT2D eigenvalue weighted by molar-refractivity contribution is 5.73. The van der Waals surface area contributed by atoms with E-state index in [1.807, 2.05) is 12.1 Å². The van der Waals surface area contributed by atoms with E-state index in [1.54, 1.807) is 10.6 Å². The summed E-state index contributed by atoms with van der Waals surface area (Å²) >= 11 is 0. The number of aromatic nitrogens is 3. The number of nitrogens with zero attached hydrogens (tertiary/aromatic N) is 3. The third-order valence-electron chi connectivity index (χ3n) is 3.25. The second-order valence-electron chi connectivity index (χ2n) is 4.29. The van der Waals surface area contributed by atoms with Gasteiger partial charge in [0.25, 0.3) is 0 Å². The molecule has 2 aromatic rings. The van der Waals surface area contributed by atoms with Crippen molar-refractivity contribution in [3.05, 3.63) is 29.7 Å². The van der Waals surface area contributed by atoms with Crippen molar-refractivity contribution < 1.29 is 4.79 Å². The maximum Gasteiger partial charge on any atom is 0.168 e. The zero-order valence-electron chi connectivity index (χ0n) is 8.97. The summed E-state index contributed by atoms with van der Waals surface area (Å²) in [5, 5.41) is 4.44. The van der Waals surface area contributed by atoms with Crippen LogP contribution in [0.25, 0.3) is 5.65 Å². The van der Waals surface area contributed by atoms with Gasteiger partial charge in [-0.25, -0.2) is 9.50 Å². The van der Waals surface area contributed by atoms with Crippen LogP contribution in [0.1, 0.15) is 47.9 Å². The van der Waals surface area contributed by atoms with E-state index in [0.717, 1.165) is 17.8 Å². The first-order chi connectivity index (χ1) is 7.88. The van der Waals surface area contributed by atoms with Gasteiger partial charge in [-0.2, -0.15) is 5.10 Å². The molecule has 0 saturated heterocycles. The van der Waals surface area contributed by atoms with Gasteiger partial charge in [0.2, 0.25) is 0 Å². The minimum Gasteiger partial charge on any atom is -0.296 e. The molecule has 1 saturated carbocycles. The molecule has 0 radical (unpaired) electrons. The number of pyridine rings is 1. The van der Waals surface area contributed by atoms with Gasteiger partial charge in [-0.1, -0.05) is 18.9 Å². The third kappa shape index (κ3) is 1.41. The zero-order valence-corrected chi connectivity index (χ0v) is 8.97. The highest BCUT2D eigenvalue weighted by atomic mass is 16.1. The van der Waals surface area contributed by atoms with Crippen LogP contribution in [0.5, 0.6) is 0 Å². The number of rotatable bonds is 2. The van der Waals surface area contributed by atoms with E-state index in [-0.39, 0.29) is 0 Å². The van der Waals surface area contributed by atoms with Crippen LogP contribution in [0.4, 0.5) is 0 Å². The molecule has 3 rings (SSSR count). The van der Waals surface area contributed by atoms with E-state index < -0.39 is 0 Å². The number of aldehydes is 1. The Morgan fingerprint density at radius 1 is 1.31 bits per heavy atom. The van der Waals surface area contributed by atoms with Crippen LogP contribution in [0.2, 0.25) is 0 Å². The predicted octanol–water partition coefficient (Wildman–Crippen LogP) is 2.20. The Kier molecular flexibility index (Phi) is 2.20. The van der Waals surface area contributed by atoms with Crippen LogP contribution in [0.15, 0.2) is 18.2 Å². The predicted molar refractivity (Wildman–Crippen MR) is 59.6 cm³/mol. The Morgan fingerprint density at radius 2 is 2.12 bits per heavy atom. The SMILES string of the molecule is O=Cc1cccc2nc(C3CCCC3)nn12. The Balaban J connectivity index is 2.11. The Labute approximate surface area is 93.3 Å². The second kappa shape index (κ2) is 3.70. The minimum absolute atomic E-state index is 0.486. The molecule has 4 nitrogen and oxygen atoms in total. The maximum absolute atomic E-state index is 10.9. The number of carbonyl (C=O) groups is 1. The Hall–Kier alpha value is -1.71. The largest absolute Gasteiger partial charge is 0.296 e. The first kappa shape index (κ1) is 9.51. The van der Waals surface area contributed by atoms with Gasteiger partial charge in [0.05, 0.1) is 0 Å². The van der Waals surface area contributed by atoms with E-state index in [4.69, 9.17) is 0 Å². The average molecular weight is 215 g/mol. The van der Waals surface area contributed by atoms with E-state index in [1.165, 1.54) is 25.7 Å². The molecule has 2 heterocycles. The lowest BCUT2D eigenvalue weighted by Crippen LogP contribution is -1.98. The lowest BCUT2D eigenvalue weighted by Gasteiger charge is -2.00. The minimum atomic E-state index is 0.486. The Bertz CT molecular complexity index is 526. The van der Waals surface area contributed by atoms with Gasteiger partial charge in [-0.15, -0.1) is 0 Å². The third-order valence-corrected chi connectivity index (χ3v) is 3.25. The molecule has 2 aromatic heterocycles. The highest BCUT2D eigenvalue weighted by Gasteiger charge is 2.21. The number of fused-ring (bicyclic) bond motifs is 1. The van der Waals surface area contributed by atoms with Crippen molar-refractivity contribution in [1.29, 1.82) is 0 Å². The van der Waals surface area contributed by atoms with Gasteiger partial charge in [0.1, 0.15) is 5.69 Å². The normalized spacial score (nSPS) is 17.0. The molecule has 0 aliphatic heterocycles. The van der Waals surface area contributed by atoms with Gasteiger partial charge in [0, 0.05) is 5.92 Å². The van der Waals surface area contributed by atoms with Crippen LogP contribution < -0.4 is 0 Å². The molecule has 1 aliphatic carbocycles. The summed E-state index contributed by atoms with van der Waals surface area (Å²) in [4.78, 5) is 15.4. The monoisotopic (exact) mass is 215 g/mol. The molecule has 0 spiro atoms. The summed E-state index contributed by atoms with van der Waals surface area (Å²) in [6.45, 7) is 0. The first-order valence-electron chi connectivity index (χ1n) is 5.69. The van der Waals surface area contributed by atoms with Crippen molar-refractivity contribution >= 4 is 11.9 Å². The molecule has 16 heavy (non-hydrogen) atoms. The van der Waals surface area contributed by atoms with E-state index in [0.29, 0.717) is 11.6 Å². The summed E-state index contributed by atoms with van der Waals surface area (Å²) < 4.78 is 1.64. The molecule has 0 unspecified atom stereocenters. The molecule has 0 atom stereocenters. The zero-order chi connectivity index (χ0) is 11.0. The summed E-state index contributed by atoms with van der Waals surface area (Å²) in [5.41, 5.74) is 1.33. The Morgan fingerprint density at radius 3 is 2.88 bits per heavy atom. The summed E-state index contributed by atoms with van der Waals surface area (Å²) in [7, 11) is 0. The summed E-state index contributed by atoms with van der Waals surface area (Å²) in [6, 6.07) is 5.48. The standard InChI is InChI=1S/C12H13N3O/c16-8-10-6-3-7-11-13-12(14-15(10)11)9-4-1-2-5-9/h3,6-9H,1-2,4-5H2. The van der Waals surface area contributed by atoms with Gasteiger partial charge in [0.15, 0.2) is 17.8 Å². The van der Waals surface area contributed by atoms with Crippen LogP contribution >= 0.6 is 0 Å². The molecule has 0 bridgehead atoms. The highest BCUT2D eigenvalue weighted by Crippen LogP contribution is 2.32. The molecular formula is C12H13N3O. The smallest absolute Gasteiger partial charge is 0.168 e. The molecule has 0 aromatic carbocycles. The fourth-order valence-corrected chi connectivity index (χ4v) is 2.39. The van der Waals surface area contributed by atoms with Crippen molar-refractivity contribution in [2.24, 2.45) is 0 Å². The van der Waals surface area contributed by atoms with Crippen molar-refractivity contribution in [2.45, 2.75) is 31.6 Å². The molecule has 0 amide bonds. The fraction of sp³-hybridized carbons (Fsp3) is 0.417. The lowest BCUT2D eigenvalue weighted by atomic mass is 10.1. The van der Waals surface area contributed by atoms with Gasteiger partial charge in [-0.3, -0.25) is 4.79 Å². The molecule has 82 valence electrons. The molecule has 0 N–H and O–H groups in total. The van der Waals surface area contributed by atoms with E-state index in [9.17, 15) is 4.79 Å². The van der Waals surface area contributed by atoms with Gasteiger partial charge < -0.3 is 0 Å². The molecule has 1 aliphatic rings. The van der Waals surface area contributed by atoms with Crippen molar-refractivity contribution in [1.82, 2.24) is 14.6 Å². The van der Waals surface area contributed by atoms with E-state index in [2.05, 4.69) is 10.1 Å². The number of hydrogen-bond donors (Lipinski definition) is 0. The fourth-order valence-electron chi connectivity index (χ4n) is 2.39. The average Bonchev–Trinajstić information content (AvgIpc) is 2.96. The van der Waals surface area contributed by atoms with Crippen molar-refractivity contribution in [3.63, 3.8) is 0 Å². The van der Waals surface area contributed by atoms with Crippen LogP contribution in [0.3, 0.4) is 0 Å². The summed E-state index contributed by atoms with van der Waals surface area (Å²) in [6.07, 6.45) is 5.70. The first-order valence-corrected chi connectivity index (χ1v) is 5.69.